The lowest BCUT2D eigenvalue weighted by Gasteiger charge is -2.19. The van der Waals surface area contributed by atoms with E-state index in [9.17, 15) is 10.1 Å². The van der Waals surface area contributed by atoms with Crippen LogP contribution in [0.3, 0.4) is 0 Å². The van der Waals surface area contributed by atoms with E-state index in [0.29, 0.717) is 40.8 Å². The van der Waals surface area contributed by atoms with Crippen LogP contribution in [0.2, 0.25) is 0 Å². The number of hydrogen-bond acceptors (Lipinski definition) is 7. The van der Waals surface area contributed by atoms with Crippen molar-refractivity contribution in [3.8, 4) is 17.6 Å². The minimum Gasteiger partial charge on any atom is -0.486 e. The average molecular weight is 475 g/mol. The molecule has 0 saturated carbocycles. The van der Waals surface area contributed by atoms with Gasteiger partial charge in [-0.3, -0.25) is 9.69 Å². The summed E-state index contributed by atoms with van der Waals surface area (Å²) < 4.78 is 11.3. The molecule has 2 aliphatic heterocycles. The summed E-state index contributed by atoms with van der Waals surface area (Å²) in [4.78, 5) is 19.8. The number of carbonyl (C=O) groups is 1. The van der Waals surface area contributed by atoms with E-state index < -0.39 is 0 Å². The number of fused-ring (bicyclic) bond motifs is 2. The fraction of sp³-hybridized carbons (Fsp3) is 0.346. The molecule has 1 amide bonds. The molecular formula is C26H26N4O3S. The van der Waals surface area contributed by atoms with Crippen LogP contribution in [0, 0.1) is 18.3 Å². The van der Waals surface area contributed by atoms with Gasteiger partial charge in [-0.05, 0) is 62.2 Å². The lowest BCUT2D eigenvalue weighted by Crippen LogP contribution is -2.19. The Hall–Kier alpha value is -3.28. The van der Waals surface area contributed by atoms with Crippen molar-refractivity contribution in [1.29, 1.82) is 5.26 Å². The van der Waals surface area contributed by atoms with Gasteiger partial charge >= 0.3 is 0 Å². The lowest BCUT2D eigenvalue weighted by atomic mass is 10.1. The standard InChI is InChI=1S/C26H26N4O3S/c1-17-4-5-18(15-30-6-2-3-7-30)10-21(17)28-25(31)16-34-26-20(14-27)11-19-12-23-24(13-22(19)29-26)33-9-8-32-23/h4-5,10-13H,2-3,6-9,15-16H2,1H3,(H,28,31). The van der Waals surface area contributed by atoms with E-state index in [1.165, 1.54) is 30.2 Å². The maximum Gasteiger partial charge on any atom is 0.234 e. The third kappa shape index (κ3) is 4.96. The molecule has 3 aromatic rings. The van der Waals surface area contributed by atoms with Crippen LogP contribution in [-0.2, 0) is 11.3 Å². The summed E-state index contributed by atoms with van der Waals surface area (Å²) >= 11 is 1.26. The number of rotatable bonds is 6. The monoisotopic (exact) mass is 474 g/mol. The number of hydrogen-bond donors (Lipinski definition) is 1. The Kier molecular flexibility index (Phi) is 6.57. The number of nitrogens with zero attached hydrogens (tertiary/aromatic N) is 3. The third-order valence-electron chi connectivity index (χ3n) is 6.09. The molecule has 174 valence electrons. The first-order valence-corrected chi connectivity index (χ1v) is 12.5. The zero-order valence-corrected chi connectivity index (χ0v) is 19.9. The molecule has 3 heterocycles. The van der Waals surface area contributed by atoms with Gasteiger partial charge in [0.2, 0.25) is 5.91 Å². The van der Waals surface area contributed by atoms with E-state index in [1.54, 1.807) is 6.07 Å². The van der Waals surface area contributed by atoms with Gasteiger partial charge in [-0.1, -0.05) is 23.9 Å². The van der Waals surface area contributed by atoms with Crippen molar-refractivity contribution in [1.82, 2.24) is 9.88 Å². The molecule has 1 fully saturated rings. The van der Waals surface area contributed by atoms with E-state index in [-0.39, 0.29) is 11.7 Å². The molecule has 8 heteroatoms. The van der Waals surface area contributed by atoms with Crippen LogP contribution in [-0.4, -0.2) is 47.8 Å². The number of ether oxygens (including phenoxy) is 2. The normalized spacial score (nSPS) is 15.3. The van der Waals surface area contributed by atoms with E-state index in [0.717, 1.165) is 36.3 Å². The van der Waals surface area contributed by atoms with E-state index >= 15 is 0 Å². The highest BCUT2D eigenvalue weighted by atomic mass is 32.2. The Labute approximate surface area is 203 Å². The van der Waals surface area contributed by atoms with Crippen LogP contribution in [0.1, 0.15) is 29.5 Å². The van der Waals surface area contributed by atoms with Crippen molar-refractivity contribution in [2.45, 2.75) is 31.3 Å². The second-order valence-corrected chi connectivity index (χ2v) is 9.57. The third-order valence-corrected chi connectivity index (χ3v) is 7.08. The first-order chi connectivity index (χ1) is 16.6. The topological polar surface area (TPSA) is 87.5 Å². The molecule has 1 N–H and O–H groups in total. The second-order valence-electron chi connectivity index (χ2n) is 8.61. The number of nitriles is 1. The summed E-state index contributed by atoms with van der Waals surface area (Å²) in [5.74, 6) is 1.34. The first-order valence-electron chi connectivity index (χ1n) is 11.5. The number of pyridine rings is 1. The van der Waals surface area contributed by atoms with Crippen molar-refractivity contribution >= 4 is 34.3 Å². The molecule has 0 aliphatic carbocycles. The number of carbonyl (C=O) groups excluding carboxylic acids is 1. The summed E-state index contributed by atoms with van der Waals surface area (Å²) in [5, 5.41) is 14.0. The molecular weight excluding hydrogens is 448 g/mol. The zero-order chi connectivity index (χ0) is 23.5. The van der Waals surface area contributed by atoms with Gasteiger partial charge in [0.1, 0.15) is 24.3 Å². The van der Waals surface area contributed by atoms with Gasteiger partial charge in [-0.25, -0.2) is 4.98 Å². The Bertz CT molecular complexity index is 1280. The number of likely N-dealkylation sites (tertiary alicyclic amines) is 1. The number of nitrogens with one attached hydrogen (secondary N) is 1. The maximum absolute atomic E-state index is 12.8. The van der Waals surface area contributed by atoms with Crippen molar-refractivity contribution in [2.24, 2.45) is 0 Å². The van der Waals surface area contributed by atoms with Crippen molar-refractivity contribution < 1.29 is 14.3 Å². The van der Waals surface area contributed by atoms with Crippen molar-refractivity contribution in [2.75, 3.05) is 37.4 Å². The van der Waals surface area contributed by atoms with Crippen LogP contribution in [0.4, 0.5) is 5.69 Å². The molecule has 1 aromatic heterocycles. The van der Waals surface area contributed by atoms with Crippen LogP contribution >= 0.6 is 11.8 Å². The number of anilines is 1. The summed E-state index contributed by atoms with van der Waals surface area (Å²) in [5.41, 5.74) is 4.20. The van der Waals surface area contributed by atoms with Gasteiger partial charge in [-0.2, -0.15) is 5.26 Å². The van der Waals surface area contributed by atoms with Gasteiger partial charge in [0.25, 0.3) is 0 Å². The maximum atomic E-state index is 12.8. The Balaban J connectivity index is 1.28. The molecule has 0 bridgehead atoms. The molecule has 2 aliphatic rings. The fourth-order valence-electron chi connectivity index (χ4n) is 4.30. The van der Waals surface area contributed by atoms with Crippen LogP contribution in [0.25, 0.3) is 10.9 Å². The van der Waals surface area contributed by atoms with Gasteiger partial charge in [-0.15, -0.1) is 0 Å². The highest BCUT2D eigenvalue weighted by molar-refractivity contribution is 8.00. The van der Waals surface area contributed by atoms with Gasteiger partial charge in [0, 0.05) is 23.7 Å². The number of benzene rings is 2. The molecule has 1 saturated heterocycles. The average Bonchev–Trinajstić information content (AvgIpc) is 3.36. The zero-order valence-electron chi connectivity index (χ0n) is 19.1. The summed E-state index contributed by atoms with van der Waals surface area (Å²) in [7, 11) is 0. The Morgan fingerprint density at radius 3 is 2.68 bits per heavy atom. The predicted octanol–water partition coefficient (Wildman–Crippen LogP) is 4.51. The largest absolute Gasteiger partial charge is 0.486 e. The molecule has 0 spiro atoms. The minimum atomic E-state index is -0.126. The molecule has 34 heavy (non-hydrogen) atoms. The highest BCUT2D eigenvalue weighted by Gasteiger charge is 2.17. The quantitative estimate of drug-likeness (QED) is 0.526. The molecule has 0 radical (unpaired) electrons. The Morgan fingerprint density at radius 1 is 1.15 bits per heavy atom. The Morgan fingerprint density at radius 2 is 1.91 bits per heavy atom. The summed E-state index contributed by atoms with van der Waals surface area (Å²) in [6.45, 7) is 6.16. The number of aromatic nitrogens is 1. The fourth-order valence-corrected chi connectivity index (χ4v) is 5.07. The van der Waals surface area contributed by atoms with Gasteiger partial charge in [0.05, 0.1) is 16.8 Å². The number of thioether (sulfide) groups is 1. The van der Waals surface area contributed by atoms with E-state index in [1.807, 2.05) is 19.1 Å². The van der Waals surface area contributed by atoms with E-state index in [4.69, 9.17) is 9.47 Å². The minimum absolute atomic E-state index is 0.126. The predicted molar refractivity (Wildman–Crippen MR) is 132 cm³/mol. The summed E-state index contributed by atoms with van der Waals surface area (Å²) in [6.07, 6.45) is 2.51. The smallest absolute Gasteiger partial charge is 0.234 e. The lowest BCUT2D eigenvalue weighted by molar-refractivity contribution is -0.113. The van der Waals surface area contributed by atoms with Crippen LogP contribution < -0.4 is 14.8 Å². The molecule has 5 rings (SSSR count). The molecule has 7 nitrogen and oxygen atoms in total. The molecule has 2 aromatic carbocycles. The van der Waals surface area contributed by atoms with Crippen LogP contribution in [0.5, 0.6) is 11.5 Å². The molecule has 0 unspecified atom stereocenters. The summed E-state index contributed by atoms with van der Waals surface area (Å²) in [6, 6.07) is 13.9. The van der Waals surface area contributed by atoms with Crippen molar-refractivity contribution in [3.63, 3.8) is 0 Å². The van der Waals surface area contributed by atoms with Gasteiger partial charge in [0.15, 0.2) is 11.5 Å². The SMILES string of the molecule is Cc1ccc(CN2CCCC2)cc1NC(=O)CSc1nc2cc3c(cc2cc1C#N)OCCO3. The number of aryl methyl sites for hydroxylation is 1. The van der Waals surface area contributed by atoms with Gasteiger partial charge < -0.3 is 14.8 Å². The molecule has 0 atom stereocenters. The van der Waals surface area contributed by atoms with E-state index in [2.05, 4.69) is 39.5 Å². The van der Waals surface area contributed by atoms with Crippen LogP contribution in [0.15, 0.2) is 41.4 Å². The van der Waals surface area contributed by atoms with Crippen molar-refractivity contribution in [3.05, 3.63) is 53.1 Å². The second kappa shape index (κ2) is 9.92. The number of amides is 1. The first kappa shape index (κ1) is 22.5. The highest BCUT2D eigenvalue weighted by Crippen LogP contribution is 2.35.